The third kappa shape index (κ3) is 4.06. The van der Waals surface area contributed by atoms with Crippen molar-refractivity contribution < 1.29 is 9.53 Å². The Balaban J connectivity index is 1.89. The second-order valence-corrected chi connectivity index (χ2v) is 5.01. The summed E-state index contributed by atoms with van der Waals surface area (Å²) in [5.74, 6) is -0.268. The highest BCUT2D eigenvalue weighted by molar-refractivity contribution is 7.09. The summed E-state index contributed by atoms with van der Waals surface area (Å²) in [4.78, 5) is 16.8. The Morgan fingerprint density at radius 1 is 1.37 bits per heavy atom. The van der Waals surface area contributed by atoms with Crippen LogP contribution in [0.1, 0.15) is 28.6 Å². The van der Waals surface area contributed by atoms with Crippen molar-refractivity contribution in [2.75, 3.05) is 11.9 Å². The van der Waals surface area contributed by atoms with Gasteiger partial charge in [0.1, 0.15) is 0 Å². The van der Waals surface area contributed by atoms with E-state index >= 15 is 0 Å². The molecule has 0 unspecified atom stereocenters. The van der Waals surface area contributed by atoms with E-state index in [9.17, 15) is 4.79 Å². The molecule has 0 saturated heterocycles. The minimum atomic E-state index is -0.268. The van der Waals surface area contributed by atoms with E-state index in [1.807, 2.05) is 30.8 Å². The second-order valence-electron chi connectivity index (χ2n) is 4.03. The van der Waals surface area contributed by atoms with E-state index in [0.717, 1.165) is 18.7 Å². The lowest BCUT2D eigenvalue weighted by atomic mass is 10.2. The Morgan fingerprint density at radius 2 is 2.16 bits per heavy atom. The normalized spacial score (nSPS) is 10.2. The minimum Gasteiger partial charge on any atom is -0.462 e. The Morgan fingerprint density at radius 3 is 2.79 bits per heavy atom. The molecule has 19 heavy (non-hydrogen) atoms. The van der Waals surface area contributed by atoms with Gasteiger partial charge >= 0.3 is 5.97 Å². The molecule has 0 saturated carbocycles. The Bertz CT molecular complexity index is 509. The number of nitrogens with zero attached hydrogens (tertiary/aromatic N) is 1. The fourth-order valence-electron chi connectivity index (χ4n) is 1.52. The van der Waals surface area contributed by atoms with Crippen molar-refractivity contribution in [2.45, 2.75) is 19.9 Å². The smallest absolute Gasteiger partial charge is 0.338 e. The van der Waals surface area contributed by atoms with Gasteiger partial charge in [0.15, 0.2) is 0 Å². The van der Waals surface area contributed by atoms with Crippen molar-refractivity contribution in [1.29, 1.82) is 0 Å². The molecule has 0 atom stereocenters. The van der Waals surface area contributed by atoms with Crippen molar-refractivity contribution in [3.8, 4) is 0 Å². The maximum Gasteiger partial charge on any atom is 0.338 e. The highest BCUT2D eigenvalue weighted by atomic mass is 32.1. The average Bonchev–Trinajstić information content (AvgIpc) is 2.96. The molecule has 1 aromatic carbocycles. The standard InChI is InChI=1S/C14H16N2O2S/c1-2-7-18-14(17)11-3-5-12(6-4-11)16-9-13-8-15-10-19-13/h3-6,8,10,16H,2,7,9H2,1H3. The van der Waals surface area contributed by atoms with E-state index in [1.54, 1.807) is 23.5 Å². The van der Waals surface area contributed by atoms with Crippen molar-refractivity contribution in [3.05, 3.63) is 46.4 Å². The van der Waals surface area contributed by atoms with Crippen molar-refractivity contribution in [1.82, 2.24) is 4.98 Å². The largest absolute Gasteiger partial charge is 0.462 e. The Labute approximate surface area is 116 Å². The summed E-state index contributed by atoms with van der Waals surface area (Å²) in [6.07, 6.45) is 2.67. The van der Waals surface area contributed by atoms with Crippen LogP contribution in [-0.2, 0) is 11.3 Å². The number of benzene rings is 1. The predicted molar refractivity (Wildman–Crippen MR) is 76.5 cm³/mol. The lowest BCUT2D eigenvalue weighted by molar-refractivity contribution is 0.0505. The number of anilines is 1. The zero-order valence-electron chi connectivity index (χ0n) is 10.8. The summed E-state index contributed by atoms with van der Waals surface area (Å²) in [6, 6.07) is 7.30. The minimum absolute atomic E-state index is 0.268. The van der Waals surface area contributed by atoms with Gasteiger partial charge in [-0.15, -0.1) is 11.3 Å². The molecule has 1 heterocycles. The fraction of sp³-hybridized carbons (Fsp3) is 0.286. The number of carbonyl (C=O) groups excluding carboxylic acids is 1. The van der Waals surface area contributed by atoms with Gasteiger partial charge in [-0.2, -0.15) is 0 Å². The number of aromatic nitrogens is 1. The maximum atomic E-state index is 11.6. The molecule has 0 fully saturated rings. The van der Waals surface area contributed by atoms with Gasteiger partial charge in [-0.05, 0) is 30.7 Å². The first-order chi connectivity index (χ1) is 9.29. The predicted octanol–water partition coefficient (Wildman–Crippen LogP) is 3.32. The SMILES string of the molecule is CCCOC(=O)c1ccc(NCc2cncs2)cc1. The first kappa shape index (κ1) is 13.5. The number of nitrogens with one attached hydrogen (secondary N) is 1. The van der Waals surface area contributed by atoms with E-state index in [4.69, 9.17) is 4.74 Å². The first-order valence-electron chi connectivity index (χ1n) is 6.18. The number of rotatable bonds is 6. The van der Waals surface area contributed by atoms with Crippen molar-refractivity contribution in [3.63, 3.8) is 0 Å². The van der Waals surface area contributed by atoms with Crippen LogP contribution >= 0.6 is 11.3 Å². The molecule has 4 nitrogen and oxygen atoms in total. The second kappa shape index (κ2) is 6.89. The molecule has 1 aromatic heterocycles. The molecule has 0 amide bonds. The van der Waals surface area contributed by atoms with Gasteiger partial charge in [-0.3, -0.25) is 4.98 Å². The molecular weight excluding hydrogens is 260 g/mol. The number of hydrogen-bond donors (Lipinski definition) is 1. The Hall–Kier alpha value is -1.88. The van der Waals surface area contributed by atoms with E-state index in [1.165, 1.54) is 4.88 Å². The van der Waals surface area contributed by atoms with E-state index in [0.29, 0.717) is 12.2 Å². The van der Waals surface area contributed by atoms with E-state index in [2.05, 4.69) is 10.3 Å². The van der Waals surface area contributed by atoms with Crippen LogP contribution in [-0.4, -0.2) is 17.6 Å². The maximum absolute atomic E-state index is 11.6. The van der Waals surface area contributed by atoms with Crippen molar-refractivity contribution >= 4 is 23.0 Å². The summed E-state index contributed by atoms with van der Waals surface area (Å²) < 4.78 is 5.07. The van der Waals surface area contributed by atoms with Gasteiger partial charge in [-0.25, -0.2) is 4.79 Å². The molecule has 0 aliphatic heterocycles. The zero-order chi connectivity index (χ0) is 13.5. The van der Waals surface area contributed by atoms with Gasteiger partial charge in [0.05, 0.1) is 24.2 Å². The van der Waals surface area contributed by atoms with Gasteiger partial charge < -0.3 is 10.1 Å². The van der Waals surface area contributed by atoms with Gasteiger partial charge in [0.2, 0.25) is 0 Å². The van der Waals surface area contributed by atoms with Crippen LogP contribution in [0.4, 0.5) is 5.69 Å². The molecule has 2 rings (SSSR count). The van der Waals surface area contributed by atoms with Gasteiger partial charge in [-0.1, -0.05) is 6.92 Å². The number of ether oxygens (including phenoxy) is 1. The van der Waals surface area contributed by atoms with E-state index in [-0.39, 0.29) is 5.97 Å². The molecule has 0 aliphatic carbocycles. The lowest BCUT2D eigenvalue weighted by Crippen LogP contribution is -2.06. The monoisotopic (exact) mass is 276 g/mol. The summed E-state index contributed by atoms with van der Waals surface area (Å²) in [7, 11) is 0. The Kier molecular flexibility index (Phi) is 4.92. The molecule has 5 heteroatoms. The summed E-state index contributed by atoms with van der Waals surface area (Å²) in [5.41, 5.74) is 3.36. The topological polar surface area (TPSA) is 51.2 Å². The summed E-state index contributed by atoms with van der Waals surface area (Å²) in [5, 5.41) is 3.27. The van der Waals surface area contributed by atoms with Crippen LogP contribution in [0.2, 0.25) is 0 Å². The molecule has 1 N–H and O–H groups in total. The highest BCUT2D eigenvalue weighted by Gasteiger charge is 2.06. The number of thiazole rings is 1. The number of carbonyl (C=O) groups is 1. The quantitative estimate of drug-likeness (QED) is 0.822. The lowest BCUT2D eigenvalue weighted by Gasteiger charge is -2.06. The number of esters is 1. The molecule has 0 aliphatic rings. The summed E-state index contributed by atoms with van der Waals surface area (Å²) in [6.45, 7) is 3.17. The van der Waals surface area contributed by atoms with Gasteiger partial charge in [0, 0.05) is 16.8 Å². The van der Waals surface area contributed by atoms with Crippen LogP contribution in [0.15, 0.2) is 36.0 Å². The first-order valence-corrected chi connectivity index (χ1v) is 7.06. The molecule has 2 aromatic rings. The highest BCUT2D eigenvalue weighted by Crippen LogP contribution is 2.13. The molecule has 0 bridgehead atoms. The zero-order valence-corrected chi connectivity index (χ0v) is 11.6. The molecular formula is C14H16N2O2S. The fourth-order valence-corrected chi connectivity index (χ4v) is 2.06. The molecule has 0 radical (unpaired) electrons. The summed E-state index contributed by atoms with van der Waals surface area (Å²) >= 11 is 1.61. The molecule has 0 spiro atoms. The van der Waals surface area contributed by atoms with Crippen LogP contribution in [0.3, 0.4) is 0 Å². The van der Waals surface area contributed by atoms with Crippen LogP contribution in [0.5, 0.6) is 0 Å². The van der Waals surface area contributed by atoms with Gasteiger partial charge in [0.25, 0.3) is 0 Å². The average molecular weight is 276 g/mol. The third-order valence-electron chi connectivity index (χ3n) is 2.51. The number of hydrogen-bond acceptors (Lipinski definition) is 5. The van der Waals surface area contributed by atoms with Crippen molar-refractivity contribution in [2.24, 2.45) is 0 Å². The van der Waals surface area contributed by atoms with Crippen LogP contribution in [0, 0.1) is 0 Å². The third-order valence-corrected chi connectivity index (χ3v) is 3.29. The van der Waals surface area contributed by atoms with Crippen LogP contribution in [0.25, 0.3) is 0 Å². The van der Waals surface area contributed by atoms with E-state index < -0.39 is 0 Å². The van der Waals surface area contributed by atoms with Crippen LogP contribution < -0.4 is 5.32 Å². The molecule has 100 valence electrons.